The second-order valence-electron chi connectivity index (χ2n) is 5.48. The fourth-order valence-electron chi connectivity index (χ4n) is 2.29. The Morgan fingerprint density at radius 1 is 1.19 bits per heavy atom. The van der Waals surface area contributed by atoms with Crippen LogP contribution in [0.15, 0.2) is 36.4 Å². The number of rotatable bonds is 7. The lowest BCUT2D eigenvalue weighted by Crippen LogP contribution is -2.09. The second kappa shape index (κ2) is 9.51. The number of carbonyl (C=O) groups excluding carboxylic acids is 1. The van der Waals surface area contributed by atoms with Crippen molar-refractivity contribution in [3.63, 3.8) is 0 Å². The highest BCUT2D eigenvalue weighted by atomic mass is 35.5. The lowest BCUT2D eigenvalue weighted by Gasteiger charge is -2.11. The zero-order valence-electron chi connectivity index (χ0n) is 15.2. The van der Waals surface area contributed by atoms with Gasteiger partial charge in [0.05, 0.1) is 19.9 Å². The van der Waals surface area contributed by atoms with Crippen LogP contribution in [0.3, 0.4) is 0 Å². The largest absolute Gasteiger partial charge is 0.495 e. The Morgan fingerprint density at radius 3 is 2.59 bits per heavy atom. The van der Waals surface area contributed by atoms with E-state index in [0.717, 1.165) is 11.1 Å². The minimum Gasteiger partial charge on any atom is -0.495 e. The Bertz CT molecular complexity index is 904. The molecular weight excluding hydrogens is 368 g/mol. The summed E-state index contributed by atoms with van der Waals surface area (Å²) < 4.78 is 15.8. The van der Waals surface area contributed by atoms with Gasteiger partial charge in [-0.2, -0.15) is 5.26 Å². The Kier molecular flexibility index (Phi) is 7.09. The summed E-state index contributed by atoms with van der Waals surface area (Å²) in [5.74, 6) is 1.09. The fourth-order valence-corrected chi connectivity index (χ4v) is 2.45. The molecule has 140 valence electrons. The van der Waals surface area contributed by atoms with Crippen molar-refractivity contribution in [2.45, 2.75) is 6.92 Å². The monoisotopic (exact) mass is 386 g/mol. The molecule has 0 saturated carbocycles. The number of nitrogens with zero attached hydrogens (tertiary/aromatic N) is 1. The third-order valence-electron chi connectivity index (χ3n) is 3.65. The molecule has 0 aliphatic heterocycles. The molecule has 27 heavy (non-hydrogen) atoms. The van der Waals surface area contributed by atoms with Crippen molar-refractivity contribution in [1.82, 2.24) is 0 Å². The first kappa shape index (κ1) is 20.1. The maximum atomic E-state index is 12.2. The van der Waals surface area contributed by atoms with Gasteiger partial charge >= 0.3 is 0 Å². The predicted octanol–water partition coefficient (Wildman–Crippen LogP) is 4.22. The summed E-state index contributed by atoms with van der Waals surface area (Å²) in [6.07, 6.45) is 3.04. The van der Waals surface area contributed by atoms with E-state index in [9.17, 15) is 4.79 Å². The van der Waals surface area contributed by atoms with E-state index in [1.165, 1.54) is 20.3 Å². The van der Waals surface area contributed by atoms with E-state index in [0.29, 0.717) is 28.0 Å². The molecule has 2 rings (SSSR count). The quantitative estimate of drug-likeness (QED) is 0.720. The molecule has 1 amide bonds. The van der Waals surface area contributed by atoms with Crippen LogP contribution in [-0.4, -0.2) is 26.7 Å². The Morgan fingerprint density at radius 2 is 1.93 bits per heavy atom. The van der Waals surface area contributed by atoms with Crippen molar-refractivity contribution in [2.24, 2.45) is 0 Å². The molecule has 0 aliphatic rings. The van der Waals surface area contributed by atoms with Crippen LogP contribution in [0.25, 0.3) is 6.08 Å². The molecule has 0 unspecified atom stereocenters. The number of halogens is 1. The highest BCUT2D eigenvalue weighted by Gasteiger charge is 2.09. The highest BCUT2D eigenvalue weighted by molar-refractivity contribution is 6.31. The smallest absolute Gasteiger partial charge is 0.248 e. The summed E-state index contributed by atoms with van der Waals surface area (Å²) in [5, 5.41) is 11.9. The Labute approximate surface area is 162 Å². The zero-order chi connectivity index (χ0) is 19.8. The number of benzene rings is 2. The molecule has 0 spiro atoms. The molecule has 2 aromatic rings. The van der Waals surface area contributed by atoms with Crippen molar-refractivity contribution >= 4 is 29.3 Å². The molecular formula is C20H19ClN2O4. The minimum atomic E-state index is -0.321. The van der Waals surface area contributed by atoms with Crippen molar-refractivity contribution in [1.29, 1.82) is 5.26 Å². The van der Waals surface area contributed by atoms with Gasteiger partial charge in [0.1, 0.15) is 11.8 Å². The van der Waals surface area contributed by atoms with Gasteiger partial charge in [-0.15, -0.1) is 0 Å². The van der Waals surface area contributed by atoms with Crippen LogP contribution in [0.4, 0.5) is 5.69 Å². The molecule has 0 saturated heterocycles. The van der Waals surface area contributed by atoms with Crippen molar-refractivity contribution in [3.05, 3.63) is 52.6 Å². The molecule has 0 aromatic heterocycles. The van der Waals surface area contributed by atoms with E-state index < -0.39 is 0 Å². The van der Waals surface area contributed by atoms with Gasteiger partial charge in [0.25, 0.3) is 0 Å². The molecule has 0 bridgehead atoms. The molecule has 0 atom stereocenters. The summed E-state index contributed by atoms with van der Waals surface area (Å²) in [5.41, 5.74) is 2.10. The summed E-state index contributed by atoms with van der Waals surface area (Å²) in [4.78, 5) is 12.2. The van der Waals surface area contributed by atoms with Gasteiger partial charge in [-0.3, -0.25) is 4.79 Å². The molecule has 1 N–H and O–H groups in total. The van der Waals surface area contributed by atoms with Crippen LogP contribution < -0.4 is 19.5 Å². The molecule has 7 heteroatoms. The van der Waals surface area contributed by atoms with Crippen LogP contribution in [0, 0.1) is 18.3 Å². The molecule has 0 aliphatic carbocycles. The number of anilines is 1. The Hall–Kier alpha value is -3.17. The number of nitriles is 1. The number of nitrogens with one attached hydrogen (secondary N) is 1. The maximum Gasteiger partial charge on any atom is 0.248 e. The number of ether oxygens (including phenoxy) is 3. The van der Waals surface area contributed by atoms with Crippen LogP contribution in [0.5, 0.6) is 17.2 Å². The van der Waals surface area contributed by atoms with Gasteiger partial charge in [0.15, 0.2) is 18.1 Å². The van der Waals surface area contributed by atoms with Gasteiger partial charge in [-0.05, 0) is 42.3 Å². The van der Waals surface area contributed by atoms with Crippen LogP contribution >= 0.6 is 11.6 Å². The van der Waals surface area contributed by atoms with E-state index in [1.54, 1.807) is 36.4 Å². The van der Waals surface area contributed by atoms with E-state index in [-0.39, 0.29) is 12.5 Å². The van der Waals surface area contributed by atoms with E-state index in [1.807, 2.05) is 13.0 Å². The standard InChI is InChI=1S/C20H19ClN2O4/c1-13-10-16(18(25-2)12-15(13)21)23-20(24)7-5-14-4-6-17(27-9-8-22)19(11-14)26-3/h4-7,10-12H,9H2,1-3H3,(H,23,24). The number of carbonyl (C=O) groups is 1. The molecule has 2 aromatic carbocycles. The average molecular weight is 387 g/mol. The summed E-state index contributed by atoms with van der Waals surface area (Å²) >= 11 is 6.07. The van der Waals surface area contributed by atoms with Crippen molar-refractivity contribution in [2.75, 3.05) is 26.1 Å². The van der Waals surface area contributed by atoms with Gasteiger partial charge < -0.3 is 19.5 Å². The van der Waals surface area contributed by atoms with Crippen molar-refractivity contribution in [3.8, 4) is 23.3 Å². The molecule has 0 heterocycles. The van der Waals surface area contributed by atoms with Gasteiger partial charge in [-0.25, -0.2) is 0 Å². The SMILES string of the molecule is COc1cc(Cl)c(C)cc1NC(=O)C=Cc1ccc(OCC#N)c(OC)c1. The second-order valence-corrected chi connectivity index (χ2v) is 5.89. The molecule has 0 radical (unpaired) electrons. The van der Waals surface area contributed by atoms with Crippen LogP contribution in [-0.2, 0) is 4.79 Å². The normalized spacial score (nSPS) is 10.3. The number of hydrogen-bond acceptors (Lipinski definition) is 5. The first-order valence-corrected chi connectivity index (χ1v) is 8.37. The lowest BCUT2D eigenvalue weighted by molar-refractivity contribution is -0.111. The van der Waals surface area contributed by atoms with Crippen molar-refractivity contribution < 1.29 is 19.0 Å². The Balaban J connectivity index is 2.13. The first-order chi connectivity index (χ1) is 13.0. The minimum absolute atomic E-state index is 0.0731. The summed E-state index contributed by atoms with van der Waals surface area (Å²) in [6.45, 7) is 1.77. The van der Waals surface area contributed by atoms with Crippen LogP contribution in [0.2, 0.25) is 5.02 Å². The zero-order valence-corrected chi connectivity index (χ0v) is 16.0. The first-order valence-electron chi connectivity index (χ1n) is 7.99. The highest BCUT2D eigenvalue weighted by Crippen LogP contribution is 2.31. The maximum absolute atomic E-state index is 12.2. The molecule has 0 fully saturated rings. The number of aryl methyl sites for hydroxylation is 1. The average Bonchev–Trinajstić information content (AvgIpc) is 2.67. The predicted molar refractivity (Wildman–Crippen MR) is 105 cm³/mol. The van der Waals surface area contributed by atoms with Crippen LogP contribution in [0.1, 0.15) is 11.1 Å². The van der Waals surface area contributed by atoms with E-state index >= 15 is 0 Å². The fraction of sp³-hybridized carbons (Fsp3) is 0.200. The number of hydrogen-bond donors (Lipinski definition) is 1. The lowest BCUT2D eigenvalue weighted by atomic mass is 10.1. The summed E-state index contributed by atoms with van der Waals surface area (Å²) in [7, 11) is 3.01. The third kappa shape index (κ3) is 5.40. The topological polar surface area (TPSA) is 80.6 Å². The number of amides is 1. The van der Waals surface area contributed by atoms with E-state index in [2.05, 4.69) is 5.32 Å². The van der Waals surface area contributed by atoms with E-state index in [4.69, 9.17) is 31.1 Å². The third-order valence-corrected chi connectivity index (χ3v) is 4.05. The number of methoxy groups -OCH3 is 2. The van der Waals surface area contributed by atoms with Gasteiger partial charge in [-0.1, -0.05) is 17.7 Å². The van der Waals surface area contributed by atoms with Gasteiger partial charge in [0, 0.05) is 17.2 Å². The molecule has 6 nitrogen and oxygen atoms in total. The van der Waals surface area contributed by atoms with Gasteiger partial charge in [0.2, 0.25) is 5.91 Å². The summed E-state index contributed by atoms with van der Waals surface area (Å²) in [6, 6.07) is 10.4.